The molecule has 2 rings (SSSR count). The molecule has 0 spiro atoms. The van der Waals surface area contributed by atoms with Crippen molar-refractivity contribution in [3.8, 4) is 23.8 Å². The predicted molar refractivity (Wildman–Crippen MR) is 77.4 cm³/mol. The van der Waals surface area contributed by atoms with Crippen LogP contribution in [0.1, 0.15) is 37.8 Å². The van der Waals surface area contributed by atoms with E-state index in [1.54, 1.807) is 0 Å². The second-order valence-corrected chi connectivity index (χ2v) is 4.52. The lowest BCUT2D eigenvalue weighted by Crippen LogP contribution is -2.22. The van der Waals surface area contributed by atoms with Crippen molar-refractivity contribution >= 4 is 6.09 Å². The molecule has 1 heterocycles. The van der Waals surface area contributed by atoms with Crippen molar-refractivity contribution in [1.29, 1.82) is 0 Å². The summed E-state index contributed by atoms with van der Waals surface area (Å²) < 4.78 is 5.06. The molecule has 1 aromatic rings. The van der Waals surface area contributed by atoms with Crippen LogP contribution in [0.15, 0.2) is 30.3 Å². The normalized spacial score (nSPS) is 16.8. The van der Waals surface area contributed by atoms with Crippen molar-refractivity contribution in [2.24, 2.45) is 0 Å². The maximum atomic E-state index is 11.7. The number of ether oxygens (including phenoxy) is 1. The van der Waals surface area contributed by atoms with Gasteiger partial charge in [-0.2, -0.15) is 0 Å². The van der Waals surface area contributed by atoms with Gasteiger partial charge in [0.05, 0.1) is 0 Å². The maximum Gasteiger partial charge on any atom is 0.422 e. The Morgan fingerprint density at radius 3 is 2.85 bits per heavy atom. The lowest BCUT2D eigenvalue weighted by Gasteiger charge is -2.14. The van der Waals surface area contributed by atoms with Crippen LogP contribution in [-0.4, -0.2) is 17.6 Å². The molecule has 1 aliphatic heterocycles. The van der Waals surface area contributed by atoms with Gasteiger partial charge in [-0.3, -0.25) is 0 Å². The molecule has 1 fully saturated rings. The summed E-state index contributed by atoms with van der Waals surface area (Å²) in [5, 5.41) is 0. The number of nitrogens with zero attached hydrogens (tertiary/aromatic N) is 1. The Kier molecular flexibility index (Phi) is 5.09. The van der Waals surface area contributed by atoms with Gasteiger partial charge in [0.15, 0.2) is 0 Å². The summed E-state index contributed by atoms with van der Waals surface area (Å²) in [4.78, 5) is 13.1. The zero-order valence-electron chi connectivity index (χ0n) is 11.6. The molecule has 0 radical (unpaired) electrons. The van der Waals surface area contributed by atoms with Gasteiger partial charge in [-0.15, -0.1) is 0 Å². The van der Waals surface area contributed by atoms with Gasteiger partial charge in [0.2, 0.25) is 0 Å². The first kappa shape index (κ1) is 14.0. The minimum Gasteiger partial charge on any atom is -0.446 e. The Balaban J connectivity index is 2.06. The summed E-state index contributed by atoms with van der Waals surface area (Å²) in [6.07, 6.45) is 2.64. The van der Waals surface area contributed by atoms with Crippen molar-refractivity contribution in [3.05, 3.63) is 35.9 Å². The first-order valence-electron chi connectivity index (χ1n) is 6.82. The number of carbonyl (C=O) groups excluding carboxylic acids is 1. The molecule has 3 heteroatoms. The quantitative estimate of drug-likeness (QED) is 0.621. The van der Waals surface area contributed by atoms with E-state index in [2.05, 4.69) is 30.7 Å². The SMILES string of the molecule is CCCCC#CC#CN1C(=O)OC[C@H]1c1ccccc1. The second-order valence-electron chi connectivity index (χ2n) is 4.52. The number of hydrogen-bond acceptors (Lipinski definition) is 2. The third kappa shape index (κ3) is 3.56. The Labute approximate surface area is 119 Å². The molecule has 1 atom stereocenters. The van der Waals surface area contributed by atoms with Gasteiger partial charge in [0, 0.05) is 18.4 Å². The molecular weight excluding hydrogens is 250 g/mol. The van der Waals surface area contributed by atoms with Gasteiger partial charge >= 0.3 is 6.09 Å². The highest BCUT2D eigenvalue weighted by atomic mass is 16.6. The van der Waals surface area contributed by atoms with Crippen LogP contribution < -0.4 is 0 Å². The molecule has 1 saturated heterocycles. The van der Waals surface area contributed by atoms with Gasteiger partial charge < -0.3 is 4.74 Å². The topological polar surface area (TPSA) is 29.5 Å². The molecular formula is C17H17NO2. The van der Waals surface area contributed by atoms with Crippen LogP contribution in [0.2, 0.25) is 0 Å². The van der Waals surface area contributed by atoms with Gasteiger partial charge in [-0.1, -0.05) is 49.6 Å². The van der Waals surface area contributed by atoms with Gasteiger partial charge in [-0.05, 0) is 17.9 Å². The number of unbranched alkanes of at least 4 members (excludes halogenated alkanes) is 2. The van der Waals surface area contributed by atoms with Crippen LogP contribution in [0.4, 0.5) is 4.79 Å². The molecule has 3 nitrogen and oxygen atoms in total. The van der Waals surface area contributed by atoms with Crippen molar-refractivity contribution in [3.63, 3.8) is 0 Å². The summed E-state index contributed by atoms with van der Waals surface area (Å²) in [5.74, 6) is 8.49. The van der Waals surface area contributed by atoms with Crippen molar-refractivity contribution in [2.75, 3.05) is 6.61 Å². The molecule has 0 bridgehead atoms. The van der Waals surface area contributed by atoms with E-state index < -0.39 is 6.09 Å². The number of rotatable bonds is 3. The lowest BCUT2D eigenvalue weighted by atomic mass is 10.1. The fourth-order valence-corrected chi connectivity index (χ4v) is 1.93. The molecule has 0 saturated carbocycles. The number of cyclic esters (lactones) is 1. The van der Waals surface area contributed by atoms with Gasteiger partial charge in [-0.25, -0.2) is 9.69 Å². The summed E-state index contributed by atoms with van der Waals surface area (Å²) in [6.45, 7) is 2.46. The fraction of sp³-hybridized carbons (Fsp3) is 0.353. The molecule has 0 aromatic heterocycles. The minimum absolute atomic E-state index is 0.145. The standard InChI is InChI=1S/C17H17NO2/c1-2-3-4-5-6-10-13-18-16(14-20-17(18)19)15-11-8-7-9-12-15/h7-9,11-12,16H,2-4,14H2,1H3/t16-/m0/s1. The van der Waals surface area contributed by atoms with Crippen LogP contribution >= 0.6 is 0 Å². The second kappa shape index (κ2) is 7.26. The van der Waals surface area contributed by atoms with Gasteiger partial charge in [0.25, 0.3) is 0 Å². The van der Waals surface area contributed by atoms with E-state index in [-0.39, 0.29) is 6.04 Å². The van der Waals surface area contributed by atoms with E-state index in [4.69, 9.17) is 4.74 Å². The zero-order chi connectivity index (χ0) is 14.2. The monoisotopic (exact) mass is 267 g/mol. The fourth-order valence-electron chi connectivity index (χ4n) is 1.93. The van der Waals surface area contributed by atoms with Crippen LogP contribution in [0.5, 0.6) is 0 Å². The number of carbonyl (C=O) groups is 1. The van der Waals surface area contributed by atoms with Crippen LogP contribution in [0, 0.1) is 23.8 Å². The maximum absolute atomic E-state index is 11.7. The van der Waals surface area contributed by atoms with Crippen LogP contribution in [0.3, 0.4) is 0 Å². The molecule has 20 heavy (non-hydrogen) atoms. The van der Waals surface area contributed by atoms with Crippen LogP contribution in [-0.2, 0) is 4.74 Å². The minimum atomic E-state index is -0.401. The Morgan fingerprint density at radius 2 is 2.10 bits per heavy atom. The smallest absolute Gasteiger partial charge is 0.422 e. The molecule has 0 N–H and O–H groups in total. The largest absolute Gasteiger partial charge is 0.446 e. The summed E-state index contributed by atoms with van der Waals surface area (Å²) in [7, 11) is 0. The molecule has 1 amide bonds. The highest BCUT2D eigenvalue weighted by Crippen LogP contribution is 2.26. The highest BCUT2D eigenvalue weighted by Gasteiger charge is 2.33. The first-order chi connectivity index (χ1) is 9.83. The number of hydrogen-bond donors (Lipinski definition) is 0. The summed E-state index contributed by atoms with van der Waals surface area (Å²) in [5.41, 5.74) is 1.02. The lowest BCUT2D eigenvalue weighted by molar-refractivity contribution is 0.167. The van der Waals surface area contributed by atoms with Crippen molar-refractivity contribution < 1.29 is 9.53 Å². The molecule has 0 unspecified atom stereocenters. The van der Waals surface area contributed by atoms with Gasteiger partial charge in [0.1, 0.15) is 12.6 Å². The first-order valence-corrected chi connectivity index (χ1v) is 6.82. The summed E-state index contributed by atoms with van der Waals surface area (Å²) >= 11 is 0. The molecule has 0 aliphatic carbocycles. The predicted octanol–water partition coefficient (Wildman–Crippen LogP) is 3.33. The van der Waals surface area contributed by atoms with Crippen LogP contribution in [0.25, 0.3) is 0 Å². The van der Waals surface area contributed by atoms with E-state index in [0.717, 1.165) is 24.8 Å². The molecule has 1 aromatic carbocycles. The van der Waals surface area contributed by atoms with Crippen molar-refractivity contribution in [2.45, 2.75) is 32.2 Å². The van der Waals surface area contributed by atoms with E-state index in [1.165, 1.54) is 4.90 Å². The third-order valence-corrected chi connectivity index (χ3v) is 3.04. The third-order valence-electron chi connectivity index (χ3n) is 3.04. The Hall–Kier alpha value is -2.39. The zero-order valence-corrected chi connectivity index (χ0v) is 11.6. The Bertz CT molecular complexity index is 572. The average Bonchev–Trinajstić information content (AvgIpc) is 2.85. The highest BCUT2D eigenvalue weighted by molar-refractivity contribution is 5.73. The van der Waals surface area contributed by atoms with E-state index >= 15 is 0 Å². The summed E-state index contributed by atoms with van der Waals surface area (Å²) in [6, 6.07) is 12.4. The molecule has 1 aliphatic rings. The molecule has 102 valence electrons. The van der Waals surface area contributed by atoms with E-state index in [1.807, 2.05) is 30.3 Å². The Morgan fingerprint density at radius 1 is 1.30 bits per heavy atom. The average molecular weight is 267 g/mol. The van der Waals surface area contributed by atoms with E-state index in [0.29, 0.717) is 6.61 Å². The number of amides is 1. The van der Waals surface area contributed by atoms with Crippen molar-refractivity contribution in [1.82, 2.24) is 4.90 Å². The number of benzene rings is 1. The van der Waals surface area contributed by atoms with E-state index in [9.17, 15) is 4.79 Å².